The van der Waals surface area contributed by atoms with Gasteiger partial charge in [-0.05, 0) is 24.8 Å². The molecular formula is C15H21N5S. The molecule has 0 aliphatic rings. The Bertz CT molecular complexity index is 577. The van der Waals surface area contributed by atoms with Gasteiger partial charge in [-0.2, -0.15) is 10.1 Å². The van der Waals surface area contributed by atoms with Gasteiger partial charge in [-0.1, -0.05) is 55.9 Å². The molecule has 0 saturated carbocycles. The second kappa shape index (κ2) is 7.83. The Hall–Kier alpha value is -1.82. The van der Waals surface area contributed by atoms with Gasteiger partial charge in [-0.3, -0.25) is 0 Å². The second-order valence-corrected chi connectivity index (χ2v) is 6.23. The molecule has 1 aromatic heterocycles. The van der Waals surface area contributed by atoms with Gasteiger partial charge >= 0.3 is 0 Å². The molecule has 0 amide bonds. The summed E-state index contributed by atoms with van der Waals surface area (Å²) >= 11 is 1.66. The molecular weight excluding hydrogens is 282 g/mol. The van der Waals surface area contributed by atoms with Gasteiger partial charge in [-0.15, -0.1) is 5.10 Å². The first-order chi connectivity index (χ1) is 10.1. The van der Waals surface area contributed by atoms with E-state index in [2.05, 4.69) is 39.6 Å². The van der Waals surface area contributed by atoms with Crippen molar-refractivity contribution in [2.45, 2.75) is 32.3 Å². The number of hydrogen-bond acceptors (Lipinski definition) is 5. The Morgan fingerprint density at radius 3 is 2.81 bits per heavy atom. The minimum Gasteiger partial charge on any atom is -0.245 e. The van der Waals surface area contributed by atoms with Gasteiger partial charge in [0.25, 0.3) is 0 Å². The summed E-state index contributed by atoms with van der Waals surface area (Å²) in [5.41, 5.74) is 4.89. The van der Waals surface area contributed by atoms with E-state index in [0.29, 0.717) is 11.9 Å². The van der Waals surface area contributed by atoms with Gasteiger partial charge in [0, 0.05) is 5.75 Å². The van der Waals surface area contributed by atoms with Gasteiger partial charge in [0.15, 0.2) is 0 Å². The average molecular weight is 303 g/mol. The molecule has 1 aromatic carbocycles. The molecule has 5 nitrogen and oxygen atoms in total. The Morgan fingerprint density at radius 1 is 1.33 bits per heavy atom. The summed E-state index contributed by atoms with van der Waals surface area (Å²) in [6, 6.07) is 10.0. The van der Waals surface area contributed by atoms with E-state index < -0.39 is 0 Å². The second-order valence-electron chi connectivity index (χ2n) is 5.17. The largest absolute Gasteiger partial charge is 0.245 e. The van der Waals surface area contributed by atoms with Gasteiger partial charge in [-0.25, -0.2) is 10.5 Å². The standard InChI is InChI=1S/C15H21N5S/c1-11(2)9-10-21-15-16-14(19-20-15)18-17-12(3)13-7-5-4-6-8-13/h4-8,11H,9-10H2,1-3H3,(H2,16,18,19,20)/b17-12+. The van der Waals surface area contributed by atoms with Crippen LogP contribution >= 0.6 is 11.8 Å². The van der Waals surface area contributed by atoms with E-state index in [-0.39, 0.29) is 0 Å². The topological polar surface area (TPSA) is 66.0 Å². The minimum absolute atomic E-state index is 0.567. The molecule has 21 heavy (non-hydrogen) atoms. The Labute approximate surface area is 129 Å². The number of anilines is 1. The van der Waals surface area contributed by atoms with Crippen LogP contribution < -0.4 is 5.43 Å². The van der Waals surface area contributed by atoms with Crippen LogP contribution in [0.15, 0.2) is 40.6 Å². The SMILES string of the molecule is C/C(=N\Nc1nc(SCCC(C)C)n[nH]1)c1ccccc1. The van der Waals surface area contributed by atoms with Crippen molar-refractivity contribution in [3.63, 3.8) is 0 Å². The predicted octanol–water partition coefficient (Wildman–Crippen LogP) is 3.78. The number of nitrogens with one attached hydrogen (secondary N) is 2. The van der Waals surface area contributed by atoms with E-state index in [1.165, 1.54) is 0 Å². The quantitative estimate of drug-likeness (QED) is 0.464. The van der Waals surface area contributed by atoms with Crippen LogP contribution in [0.1, 0.15) is 32.8 Å². The molecule has 0 atom stereocenters. The fourth-order valence-corrected chi connectivity index (χ4v) is 2.67. The summed E-state index contributed by atoms with van der Waals surface area (Å²) in [4.78, 5) is 4.35. The lowest BCUT2D eigenvalue weighted by atomic mass is 10.1. The molecule has 1 heterocycles. The van der Waals surface area contributed by atoms with Crippen molar-refractivity contribution in [2.75, 3.05) is 11.2 Å². The third-order valence-corrected chi connectivity index (χ3v) is 3.79. The molecule has 0 unspecified atom stereocenters. The summed E-state index contributed by atoms with van der Waals surface area (Å²) in [6.07, 6.45) is 1.16. The van der Waals surface area contributed by atoms with Crippen molar-refractivity contribution < 1.29 is 0 Å². The molecule has 0 saturated heterocycles. The highest BCUT2D eigenvalue weighted by Crippen LogP contribution is 2.17. The van der Waals surface area contributed by atoms with Crippen LogP contribution in [0.5, 0.6) is 0 Å². The number of nitrogens with zero attached hydrogens (tertiary/aromatic N) is 3. The maximum absolute atomic E-state index is 4.35. The lowest BCUT2D eigenvalue weighted by molar-refractivity contribution is 0.631. The highest BCUT2D eigenvalue weighted by Gasteiger charge is 2.04. The first-order valence-corrected chi connectivity index (χ1v) is 8.04. The number of thioether (sulfide) groups is 1. The molecule has 0 bridgehead atoms. The molecule has 112 valence electrons. The lowest BCUT2D eigenvalue weighted by Gasteiger charge is -2.01. The van der Waals surface area contributed by atoms with Crippen LogP contribution in [-0.4, -0.2) is 26.6 Å². The summed E-state index contributed by atoms with van der Waals surface area (Å²) < 4.78 is 0. The van der Waals surface area contributed by atoms with E-state index in [0.717, 1.165) is 28.6 Å². The van der Waals surface area contributed by atoms with Gasteiger partial charge in [0.05, 0.1) is 5.71 Å². The van der Waals surface area contributed by atoms with Crippen LogP contribution in [0.4, 0.5) is 5.95 Å². The highest BCUT2D eigenvalue weighted by molar-refractivity contribution is 7.99. The number of benzene rings is 1. The van der Waals surface area contributed by atoms with Crippen molar-refractivity contribution in [1.29, 1.82) is 0 Å². The summed E-state index contributed by atoms with van der Waals surface area (Å²) in [5.74, 6) is 2.30. The van der Waals surface area contributed by atoms with Crippen molar-refractivity contribution in [2.24, 2.45) is 11.0 Å². The third kappa shape index (κ3) is 5.23. The molecule has 2 N–H and O–H groups in total. The molecule has 2 aromatic rings. The molecule has 2 rings (SSSR count). The summed E-state index contributed by atoms with van der Waals surface area (Å²) in [6.45, 7) is 6.39. The third-order valence-electron chi connectivity index (χ3n) is 2.91. The predicted molar refractivity (Wildman–Crippen MR) is 88.8 cm³/mol. The average Bonchev–Trinajstić information content (AvgIpc) is 2.93. The number of H-pyrrole nitrogens is 1. The highest BCUT2D eigenvalue weighted by atomic mass is 32.2. The number of rotatable bonds is 7. The van der Waals surface area contributed by atoms with Crippen LogP contribution in [0, 0.1) is 5.92 Å². The zero-order valence-corrected chi connectivity index (χ0v) is 13.4. The number of aromatic nitrogens is 3. The Kier molecular flexibility index (Phi) is 5.80. The monoisotopic (exact) mass is 303 g/mol. The van der Waals surface area contributed by atoms with Gasteiger partial charge < -0.3 is 0 Å². The van der Waals surface area contributed by atoms with Crippen molar-refractivity contribution >= 4 is 23.4 Å². The molecule has 0 aliphatic heterocycles. The Balaban J connectivity index is 1.88. The van der Waals surface area contributed by atoms with Gasteiger partial charge in [0.1, 0.15) is 0 Å². The van der Waals surface area contributed by atoms with E-state index in [9.17, 15) is 0 Å². The molecule has 0 fully saturated rings. The van der Waals surface area contributed by atoms with Crippen molar-refractivity contribution in [3.8, 4) is 0 Å². The molecule has 0 aliphatic carbocycles. The minimum atomic E-state index is 0.567. The zero-order valence-electron chi connectivity index (χ0n) is 12.6. The van der Waals surface area contributed by atoms with Crippen LogP contribution in [-0.2, 0) is 0 Å². The number of hydrogen-bond donors (Lipinski definition) is 2. The lowest BCUT2D eigenvalue weighted by Crippen LogP contribution is -2.00. The van der Waals surface area contributed by atoms with Crippen LogP contribution in [0.25, 0.3) is 0 Å². The maximum Gasteiger partial charge on any atom is 0.240 e. The van der Waals surface area contributed by atoms with E-state index in [1.54, 1.807) is 11.8 Å². The maximum atomic E-state index is 4.35. The zero-order chi connectivity index (χ0) is 15.1. The van der Waals surface area contributed by atoms with E-state index in [1.807, 2.05) is 37.3 Å². The van der Waals surface area contributed by atoms with Gasteiger partial charge in [0.2, 0.25) is 11.1 Å². The normalized spacial score (nSPS) is 11.9. The smallest absolute Gasteiger partial charge is 0.240 e. The number of aromatic amines is 1. The molecule has 6 heteroatoms. The summed E-state index contributed by atoms with van der Waals surface area (Å²) in [5, 5.41) is 12.1. The fraction of sp³-hybridized carbons (Fsp3) is 0.400. The fourth-order valence-electron chi connectivity index (χ4n) is 1.63. The Morgan fingerprint density at radius 2 is 2.10 bits per heavy atom. The van der Waals surface area contributed by atoms with Crippen molar-refractivity contribution in [3.05, 3.63) is 35.9 Å². The molecule has 0 radical (unpaired) electrons. The van der Waals surface area contributed by atoms with E-state index in [4.69, 9.17) is 0 Å². The van der Waals surface area contributed by atoms with Crippen LogP contribution in [0.3, 0.4) is 0 Å². The van der Waals surface area contributed by atoms with Crippen molar-refractivity contribution in [1.82, 2.24) is 15.2 Å². The first-order valence-electron chi connectivity index (χ1n) is 7.06. The van der Waals surface area contributed by atoms with Crippen LogP contribution in [0.2, 0.25) is 0 Å². The first kappa shape index (κ1) is 15.6. The number of hydrazone groups is 1. The summed E-state index contributed by atoms with van der Waals surface area (Å²) in [7, 11) is 0. The van der Waals surface area contributed by atoms with E-state index >= 15 is 0 Å². The molecule has 0 spiro atoms.